The first-order chi connectivity index (χ1) is 18.8. The summed E-state index contributed by atoms with van der Waals surface area (Å²) in [5.74, 6) is -0.839. The van der Waals surface area contributed by atoms with Gasteiger partial charge in [-0.05, 0) is 113 Å². The van der Waals surface area contributed by atoms with Gasteiger partial charge in [-0.2, -0.15) is 0 Å². The first kappa shape index (κ1) is 28.4. The van der Waals surface area contributed by atoms with Gasteiger partial charge in [0.25, 0.3) is 11.8 Å². The van der Waals surface area contributed by atoms with Crippen molar-refractivity contribution in [2.75, 3.05) is 0 Å². The number of nitrogens with zero attached hydrogens (tertiary/aromatic N) is 1. The number of nitrogens with one attached hydrogen (secondary N) is 2. The fraction of sp³-hybridized carbons (Fsp3) is 0.606. The molecule has 2 aromatic rings. The molecule has 5 rings (SSSR count). The van der Waals surface area contributed by atoms with Gasteiger partial charge in [0.15, 0.2) is 0 Å². The summed E-state index contributed by atoms with van der Waals surface area (Å²) < 4.78 is 2.30. The fourth-order valence-electron chi connectivity index (χ4n) is 6.32. The van der Waals surface area contributed by atoms with Gasteiger partial charge in [-0.1, -0.05) is 26.2 Å². The van der Waals surface area contributed by atoms with Crippen LogP contribution in [0.15, 0.2) is 24.3 Å². The van der Waals surface area contributed by atoms with Crippen LogP contribution in [-0.2, 0) is 16.8 Å². The van der Waals surface area contributed by atoms with Gasteiger partial charge in [-0.25, -0.2) is 0 Å². The number of amides is 2. The summed E-state index contributed by atoms with van der Waals surface area (Å²) in [6, 6.07) is 8.12. The fourth-order valence-corrected chi connectivity index (χ4v) is 6.32. The lowest BCUT2D eigenvalue weighted by Crippen LogP contribution is -2.46. The highest BCUT2D eigenvalue weighted by Gasteiger charge is 2.40. The molecule has 0 spiro atoms. The molecular formula is C33H45N3O4. The maximum atomic E-state index is 13.5. The molecule has 3 aliphatic rings. The predicted octanol–water partition coefficient (Wildman–Crippen LogP) is 6.22. The Morgan fingerprint density at radius 2 is 1.68 bits per heavy atom. The van der Waals surface area contributed by atoms with Gasteiger partial charge in [0.1, 0.15) is 0 Å². The number of hydrogen-bond donors (Lipinski definition) is 3. The van der Waals surface area contributed by atoms with E-state index in [1.54, 1.807) is 0 Å². The summed E-state index contributed by atoms with van der Waals surface area (Å²) >= 11 is 0. The third kappa shape index (κ3) is 6.13. The molecule has 216 valence electrons. The van der Waals surface area contributed by atoms with Crippen molar-refractivity contribution in [3.05, 3.63) is 46.6 Å². The van der Waals surface area contributed by atoms with Crippen LogP contribution >= 0.6 is 0 Å². The van der Waals surface area contributed by atoms with Crippen molar-refractivity contribution in [3.63, 3.8) is 0 Å². The van der Waals surface area contributed by atoms with Crippen molar-refractivity contribution in [2.24, 2.45) is 11.8 Å². The molecule has 1 aromatic heterocycles. The largest absolute Gasteiger partial charge is 0.481 e. The molecule has 0 bridgehead atoms. The number of carboxylic acids is 1. The van der Waals surface area contributed by atoms with Gasteiger partial charge >= 0.3 is 5.97 Å². The second-order valence-electron chi connectivity index (χ2n) is 13.9. The van der Waals surface area contributed by atoms with Gasteiger partial charge in [-0.3, -0.25) is 14.4 Å². The van der Waals surface area contributed by atoms with Crippen LogP contribution in [0.3, 0.4) is 0 Å². The average molecular weight is 548 g/mol. The molecule has 0 radical (unpaired) electrons. The Morgan fingerprint density at radius 3 is 2.27 bits per heavy atom. The summed E-state index contributed by atoms with van der Waals surface area (Å²) in [4.78, 5) is 38.0. The molecular weight excluding hydrogens is 502 g/mol. The molecule has 0 unspecified atom stereocenters. The third-order valence-corrected chi connectivity index (χ3v) is 9.28. The number of carbonyl (C=O) groups is 3. The number of hydrogen-bond acceptors (Lipinski definition) is 3. The monoisotopic (exact) mass is 547 g/mol. The van der Waals surface area contributed by atoms with Crippen LogP contribution in [0.1, 0.15) is 117 Å². The number of benzene rings is 1. The quantitative estimate of drug-likeness (QED) is 0.365. The van der Waals surface area contributed by atoms with Gasteiger partial charge in [0.2, 0.25) is 0 Å². The van der Waals surface area contributed by atoms with Crippen LogP contribution in [0.5, 0.6) is 0 Å². The van der Waals surface area contributed by atoms with Gasteiger partial charge in [0.05, 0.1) is 11.5 Å². The van der Waals surface area contributed by atoms with Crippen molar-refractivity contribution < 1.29 is 19.5 Å². The lowest BCUT2D eigenvalue weighted by atomic mass is 9.80. The Kier molecular flexibility index (Phi) is 7.62. The van der Waals surface area contributed by atoms with Gasteiger partial charge < -0.3 is 20.3 Å². The van der Waals surface area contributed by atoms with Crippen molar-refractivity contribution in [1.29, 1.82) is 0 Å². The highest BCUT2D eigenvalue weighted by molar-refractivity contribution is 5.98. The molecule has 7 nitrogen and oxygen atoms in total. The van der Waals surface area contributed by atoms with E-state index in [1.165, 1.54) is 37.7 Å². The van der Waals surface area contributed by atoms with Crippen LogP contribution < -0.4 is 10.6 Å². The number of aromatic nitrogens is 1. The van der Waals surface area contributed by atoms with E-state index >= 15 is 0 Å². The maximum absolute atomic E-state index is 13.5. The number of rotatable bonds is 8. The van der Waals surface area contributed by atoms with E-state index in [-0.39, 0.29) is 34.7 Å². The second-order valence-corrected chi connectivity index (χ2v) is 13.9. The van der Waals surface area contributed by atoms with Crippen molar-refractivity contribution in [3.8, 4) is 11.3 Å². The molecule has 0 aliphatic heterocycles. The number of aliphatic carboxylic acids is 1. The summed E-state index contributed by atoms with van der Waals surface area (Å²) in [6.45, 7) is 11.1. The van der Waals surface area contributed by atoms with E-state index in [2.05, 4.69) is 28.2 Å². The number of carboxylic acid groups (broad SMARTS) is 1. The van der Waals surface area contributed by atoms with Crippen molar-refractivity contribution >= 4 is 17.8 Å². The molecule has 1 aromatic carbocycles. The predicted molar refractivity (Wildman–Crippen MR) is 157 cm³/mol. The molecule has 2 amide bonds. The Balaban J connectivity index is 1.52. The Bertz CT molecular complexity index is 1300. The minimum absolute atomic E-state index is 0.0771. The van der Waals surface area contributed by atoms with Gasteiger partial charge in [-0.15, -0.1) is 0 Å². The molecule has 0 saturated heterocycles. The zero-order chi connectivity index (χ0) is 28.8. The smallest absolute Gasteiger partial charge is 0.306 e. The molecule has 3 aliphatic carbocycles. The van der Waals surface area contributed by atoms with Crippen LogP contribution in [0.2, 0.25) is 0 Å². The summed E-state index contributed by atoms with van der Waals surface area (Å²) in [5.41, 5.74) is 5.06. The van der Waals surface area contributed by atoms with E-state index in [1.807, 2.05) is 45.9 Å². The van der Waals surface area contributed by atoms with E-state index < -0.39 is 5.97 Å². The lowest BCUT2D eigenvalue weighted by molar-refractivity contribution is -0.145. The van der Waals surface area contributed by atoms with Crippen LogP contribution in [-0.4, -0.2) is 39.0 Å². The van der Waals surface area contributed by atoms with E-state index in [9.17, 15) is 19.5 Å². The zero-order valence-electron chi connectivity index (χ0n) is 24.7. The normalized spacial score (nSPS) is 22.3. The molecule has 7 heteroatoms. The molecule has 40 heavy (non-hydrogen) atoms. The Hall–Kier alpha value is -3.09. The average Bonchev–Trinajstić information content (AvgIpc) is 3.54. The minimum Gasteiger partial charge on any atom is -0.481 e. The lowest BCUT2D eigenvalue weighted by Gasteiger charge is -2.32. The highest BCUT2D eigenvalue weighted by Crippen LogP contribution is 2.49. The van der Waals surface area contributed by atoms with Crippen LogP contribution in [0.25, 0.3) is 11.3 Å². The molecule has 3 saturated carbocycles. The summed E-state index contributed by atoms with van der Waals surface area (Å²) in [6.07, 6.45) is 9.30. The summed E-state index contributed by atoms with van der Waals surface area (Å²) in [7, 11) is 0. The SMILES string of the molecule is Cc1c(C(=O)NC2CC(C(=O)O)C2)cc(-c2cc(C(=O)NC(C)(C)C)cc(C3(C)CC3)c2)n1CC1CCCCC1. The highest BCUT2D eigenvalue weighted by atomic mass is 16.4. The first-order valence-corrected chi connectivity index (χ1v) is 15.1. The van der Waals surface area contributed by atoms with Crippen molar-refractivity contribution in [1.82, 2.24) is 15.2 Å². The molecule has 1 heterocycles. The first-order valence-electron chi connectivity index (χ1n) is 15.1. The Labute approximate surface area is 238 Å². The molecule has 0 atom stereocenters. The Morgan fingerprint density at radius 1 is 1.00 bits per heavy atom. The zero-order valence-corrected chi connectivity index (χ0v) is 24.7. The van der Waals surface area contributed by atoms with Crippen LogP contribution in [0, 0.1) is 18.8 Å². The third-order valence-electron chi connectivity index (χ3n) is 9.28. The summed E-state index contributed by atoms with van der Waals surface area (Å²) in [5, 5.41) is 15.4. The standard InChI is InChI=1S/C33H45N3O4/c1-20-27(30(38)34-26-16-24(17-26)31(39)40)18-28(36(20)19-21-9-7-6-8-10-21)22-13-23(29(37)35-32(2,3)4)15-25(14-22)33(5)11-12-33/h13-15,18,21,24,26H,6-12,16-17,19H2,1-5H3,(H,34,38)(H,35,37)(H,39,40). The maximum Gasteiger partial charge on any atom is 0.306 e. The van der Waals surface area contributed by atoms with Crippen molar-refractivity contribution in [2.45, 2.75) is 116 Å². The van der Waals surface area contributed by atoms with E-state index in [4.69, 9.17) is 0 Å². The van der Waals surface area contributed by atoms with Crippen LogP contribution in [0.4, 0.5) is 0 Å². The minimum atomic E-state index is -0.793. The van der Waals surface area contributed by atoms with E-state index in [0.717, 1.165) is 36.3 Å². The number of carbonyl (C=O) groups excluding carboxylic acids is 2. The topological polar surface area (TPSA) is 100 Å². The van der Waals surface area contributed by atoms with E-state index in [0.29, 0.717) is 29.9 Å². The van der Waals surface area contributed by atoms with Gasteiger partial charge in [0, 0.05) is 35.1 Å². The molecule has 3 fully saturated rings. The molecule has 3 N–H and O–H groups in total. The second kappa shape index (κ2) is 10.7.